The zero-order valence-electron chi connectivity index (χ0n) is 16.0. The Kier molecular flexibility index (Phi) is 4.03. The van der Waals surface area contributed by atoms with E-state index < -0.39 is 17.4 Å². The van der Waals surface area contributed by atoms with Crippen molar-refractivity contribution in [3.8, 4) is 5.75 Å². The first kappa shape index (κ1) is 17.8. The van der Waals surface area contributed by atoms with Gasteiger partial charge in [0.15, 0.2) is 0 Å². The van der Waals surface area contributed by atoms with Crippen molar-refractivity contribution in [1.82, 2.24) is 15.2 Å². The van der Waals surface area contributed by atoms with Crippen LogP contribution >= 0.6 is 0 Å². The minimum atomic E-state index is -1.83. The first-order chi connectivity index (χ1) is 13.5. The van der Waals surface area contributed by atoms with Gasteiger partial charge in [-0.2, -0.15) is 0 Å². The van der Waals surface area contributed by atoms with Crippen LogP contribution in [0, 0.1) is 0 Å². The van der Waals surface area contributed by atoms with E-state index in [1.165, 1.54) is 0 Å². The summed E-state index contributed by atoms with van der Waals surface area (Å²) in [5, 5.41) is 10.1. The second-order valence-corrected chi connectivity index (χ2v) is 8.48. The van der Waals surface area contributed by atoms with Crippen LogP contribution in [0.15, 0.2) is 18.2 Å². The maximum absolute atomic E-state index is 13.5. The summed E-state index contributed by atoms with van der Waals surface area (Å²) in [6, 6.07) is 5.72. The van der Waals surface area contributed by atoms with Crippen LogP contribution in [0.4, 0.5) is 5.69 Å². The van der Waals surface area contributed by atoms with Crippen molar-refractivity contribution in [3.63, 3.8) is 0 Å². The van der Waals surface area contributed by atoms with Crippen LogP contribution in [-0.2, 0) is 15.1 Å². The number of nitrogens with zero attached hydrogens (tertiary/aromatic N) is 2. The molecule has 1 aromatic carbocycles. The van der Waals surface area contributed by atoms with E-state index in [0.717, 1.165) is 38.6 Å². The first-order valence-corrected chi connectivity index (χ1v) is 10.1. The van der Waals surface area contributed by atoms with E-state index in [2.05, 4.69) is 22.8 Å². The normalized spacial score (nSPS) is 31.8. The summed E-state index contributed by atoms with van der Waals surface area (Å²) in [5.41, 5.74) is 4.91. The van der Waals surface area contributed by atoms with E-state index in [-0.39, 0.29) is 12.1 Å². The molecule has 0 spiro atoms. The lowest BCUT2D eigenvalue weighted by Gasteiger charge is -2.36. The molecule has 28 heavy (non-hydrogen) atoms. The summed E-state index contributed by atoms with van der Waals surface area (Å²) >= 11 is 0. The predicted octanol–water partition coefficient (Wildman–Crippen LogP) is 1.13. The quantitative estimate of drug-likeness (QED) is 0.668. The van der Waals surface area contributed by atoms with Crippen molar-refractivity contribution in [1.29, 1.82) is 0 Å². The van der Waals surface area contributed by atoms with Crippen LogP contribution in [0.5, 0.6) is 5.75 Å². The number of fused-ring (bicyclic) bond motifs is 3. The molecule has 4 aliphatic rings. The second-order valence-electron chi connectivity index (χ2n) is 8.48. The van der Waals surface area contributed by atoms with E-state index in [9.17, 15) is 14.7 Å². The number of ether oxygens (including phenoxy) is 1. The molecular weight excluding hydrogens is 360 g/mol. The number of likely N-dealkylation sites (N-methyl/N-ethyl adjacent to an activating group) is 1. The lowest BCUT2D eigenvalue weighted by Crippen LogP contribution is -2.61. The molecule has 3 atom stereocenters. The highest BCUT2D eigenvalue weighted by molar-refractivity contribution is 6.10. The van der Waals surface area contributed by atoms with Crippen LogP contribution in [0.3, 0.4) is 0 Å². The number of rotatable bonds is 4. The van der Waals surface area contributed by atoms with Gasteiger partial charge in [0.05, 0.1) is 11.8 Å². The van der Waals surface area contributed by atoms with Crippen LogP contribution in [-0.4, -0.2) is 65.1 Å². The number of carboxylic acids is 1. The topological polar surface area (TPSA) is 94.1 Å². The highest BCUT2D eigenvalue weighted by Crippen LogP contribution is 2.41. The molecule has 0 aromatic heterocycles. The molecule has 8 heteroatoms. The Morgan fingerprint density at radius 3 is 2.64 bits per heavy atom. The van der Waals surface area contributed by atoms with Crippen molar-refractivity contribution in [2.24, 2.45) is 0 Å². The number of carbonyl (C=O) groups excluding carboxylic acids is 1. The number of piperazine rings is 1. The van der Waals surface area contributed by atoms with Crippen LogP contribution in [0.1, 0.15) is 37.7 Å². The highest BCUT2D eigenvalue weighted by atomic mass is 16.5. The number of hydrazine groups is 1. The van der Waals surface area contributed by atoms with Gasteiger partial charge in [0, 0.05) is 30.7 Å². The monoisotopic (exact) mass is 386 g/mol. The average molecular weight is 386 g/mol. The third kappa shape index (κ3) is 2.51. The number of aliphatic carboxylic acids is 1. The van der Waals surface area contributed by atoms with Crippen molar-refractivity contribution in [3.05, 3.63) is 23.8 Å². The second kappa shape index (κ2) is 6.35. The van der Waals surface area contributed by atoms with E-state index in [1.807, 2.05) is 6.07 Å². The van der Waals surface area contributed by atoms with Gasteiger partial charge in [-0.3, -0.25) is 9.69 Å². The maximum Gasteiger partial charge on any atom is 0.340 e. The number of carbonyl (C=O) groups is 2. The Morgan fingerprint density at radius 1 is 1.21 bits per heavy atom. The molecule has 3 fully saturated rings. The molecule has 0 radical (unpaired) electrons. The standard InChI is InChI=1S/C20H26N4O4/c1-23-10-13-8-12(23)11-24(13)18(25)20(19(26)27)16-9-15(6-7-17(16)21-22-20)28-14-4-2-3-5-14/h6-7,9,12-14,21-22H,2-5,8,10-11H2,1H3,(H,26,27)/t12-,13-,20?/m0/s1. The van der Waals surface area contributed by atoms with Crippen molar-refractivity contribution < 1.29 is 19.4 Å². The summed E-state index contributed by atoms with van der Waals surface area (Å²) < 4.78 is 6.06. The Hall–Kier alpha value is -2.32. The third-order valence-corrected chi connectivity index (χ3v) is 6.80. The van der Waals surface area contributed by atoms with Gasteiger partial charge in [0.25, 0.3) is 5.91 Å². The smallest absolute Gasteiger partial charge is 0.340 e. The summed E-state index contributed by atoms with van der Waals surface area (Å²) in [7, 11) is 2.05. The number of anilines is 1. The molecule has 8 nitrogen and oxygen atoms in total. The fourth-order valence-corrected chi connectivity index (χ4v) is 5.20. The molecule has 2 bridgehead atoms. The molecular formula is C20H26N4O4. The number of likely N-dealkylation sites (tertiary alicyclic amines) is 2. The minimum Gasteiger partial charge on any atom is -0.490 e. The maximum atomic E-state index is 13.5. The zero-order valence-corrected chi connectivity index (χ0v) is 16.0. The Morgan fingerprint density at radius 2 is 2.00 bits per heavy atom. The lowest BCUT2D eigenvalue weighted by molar-refractivity contribution is -0.156. The summed E-state index contributed by atoms with van der Waals surface area (Å²) in [4.78, 5) is 29.9. The summed E-state index contributed by atoms with van der Waals surface area (Å²) in [5.74, 6) is -0.972. The molecule has 1 unspecified atom stereocenters. The van der Waals surface area contributed by atoms with E-state index in [0.29, 0.717) is 29.6 Å². The van der Waals surface area contributed by atoms with Gasteiger partial charge in [-0.25, -0.2) is 10.2 Å². The van der Waals surface area contributed by atoms with E-state index in [4.69, 9.17) is 4.74 Å². The SMILES string of the molecule is CN1C[C@@H]2C[C@H]1CN2C(=O)C1(C(=O)O)NNc2ccc(OC3CCCC3)cc21. The fraction of sp³-hybridized carbons (Fsp3) is 0.600. The van der Waals surface area contributed by atoms with Crippen LogP contribution < -0.4 is 15.6 Å². The van der Waals surface area contributed by atoms with Gasteiger partial charge < -0.3 is 20.2 Å². The third-order valence-electron chi connectivity index (χ3n) is 6.80. The van der Waals surface area contributed by atoms with Crippen LogP contribution in [0.25, 0.3) is 0 Å². The van der Waals surface area contributed by atoms with Gasteiger partial charge in [0.1, 0.15) is 5.75 Å². The predicted molar refractivity (Wildman–Crippen MR) is 102 cm³/mol. The fourth-order valence-electron chi connectivity index (χ4n) is 5.20. The number of hydrogen-bond donors (Lipinski definition) is 3. The molecule has 1 amide bonds. The zero-order chi connectivity index (χ0) is 19.5. The van der Waals surface area contributed by atoms with Crippen molar-refractivity contribution in [2.45, 2.75) is 55.8 Å². The Labute approximate surface area is 163 Å². The number of carboxylic acid groups (broad SMARTS) is 1. The largest absolute Gasteiger partial charge is 0.490 e. The first-order valence-electron chi connectivity index (χ1n) is 10.1. The van der Waals surface area contributed by atoms with Gasteiger partial charge in [-0.15, -0.1) is 0 Å². The Bertz CT molecular complexity index is 822. The molecule has 2 saturated heterocycles. The number of amides is 1. The van der Waals surface area contributed by atoms with Gasteiger partial charge in [-0.05, 0) is 57.4 Å². The van der Waals surface area contributed by atoms with Crippen molar-refractivity contribution >= 4 is 17.6 Å². The number of hydrogen-bond acceptors (Lipinski definition) is 6. The number of nitrogens with one attached hydrogen (secondary N) is 2. The Balaban J connectivity index is 1.47. The summed E-state index contributed by atoms with van der Waals surface area (Å²) in [6.45, 7) is 1.36. The van der Waals surface area contributed by atoms with E-state index in [1.54, 1.807) is 17.0 Å². The van der Waals surface area contributed by atoms with Gasteiger partial charge in [0.2, 0.25) is 5.54 Å². The molecule has 1 aromatic rings. The molecule has 3 aliphatic heterocycles. The molecule has 3 N–H and O–H groups in total. The average Bonchev–Trinajstić information content (AvgIpc) is 3.44. The molecule has 3 heterocycles. The number of benzene rings is 1. The van der Waals surface area contributed by atoms with Gasteiger partial charge in [-0.1, -0.05) is 0 Å². The minimum absolute atomic E-state index is 0.0718. The van der Waals surface area contributed by atoms with Gasteiger partial charge >= 0.3 is 5.97 Å². The molecule has 1 saturated carbocycles. The molecule has 1 aliphatic carbocycles. The molecule has 150 valence electrons. The summed E-state index contributed by atoms with van der Waals surface area (Å²) in [6.07, 6.45) is 5.41. The van der Waals surface area contributed by atoms with E-state index >= 15 is 0 Å². The van der Waals surface area contributed by atoms with Crippen molar-refractivity contribution in [2.75, 3.05) is 25.6 Å². The lowest BCUT2D eigenvalue weighted by atomic mass is 9.88. The van der Waals surface area contributed by atoms with Crippen LogP contribution in [0.2, 0.25) is 0 Å². The molecule has 5 rings (SSSR count). The highest BCUT2D eigenvalue weighted by Gasteiger charge is 2.58.